The molecule has 5 heteroatoms. The first-order valence-electron chi connectivity index (χ1n) is 6.13. The molecule has 3 rings (SSSR count). The third-order valence-corrected chi connectivity index (χ3v) is 3.40. The van der Waals surface area contributed by atoms with E-state index < -0.39 is 6.04 Å². The first-order chi connectivity index (χ1) is 8.75. The average Bonchev–Trinajstić information content (AvgIpc) is 3.06. The third-order valence-electron chi connectivity index (χ3n) is 3.40. The van der Waals surface area contributed by atoms with Gasteiger partial charge in [-0.15, -0.1) is 0 Å². The molecule has 2 aromatic rings. The molecular weight excluding hydrogens is 230 g/mol. The summed E-state index contributed by atoms with van der Waals surface area (Å²) in [7, 11) is 0. The van der Waals surface area contributed by atoms with Crippen LogP contribution in [-0.2, 0) is 4.79 Å². The Balaban J connectivity index is 1.85. The minimum absolute atomic E-state index is 0.00800. The van der Waals surface area contributed by atoms with Crippen molar-refractivity contribution < 1.29 is 9.21 Å². The van der Waals surface area contributed by atoms with E-state index in [9.17, 15) is 4.79 Å². The average molecular weight is 245 g/mol. The molecule has 1 amide bonds. The zero-order chi connectivity index (χ0) is 12.5. The largest absolute Gasteiger partial charge is 0.443 e. The fraction of sp³-hybridized carbons (Fsp3) is 0.385. The van der Waals surface area contributed by atoms with Gasteiger partial charge in [-0.25, -0.2) is 4.98 Å². The van der Waals surface area contributed by atoms with Gasteiger partial charge in [-0.05, 0) is 30.5 Å². The van der Waals surface area contributed by atoms with Crippen LogP contribution in [0.1, 0.15) is 24.4 Å². The second-order valence-corrected chi connectivity index (χ2v) is 4.59. The smallest absolute Gasteiger partial charge is 0.244 e. The van der Waals surface area contributed by atoms with E-state index in [0.717, 1.165) is 37.0 Å². The molecular formula is C13H15N3O2. The number of hydrogen-bond donors (Lipinski definition) is 1. The molecule has 0 bridgehead atoms. The molecule has 2 heterocycles. The molecule has 1 aromatic heterocycles. The first-order valence-corrected chi connectivity index (χ1v) is 6.13. The number of fused-ring (bicyclic) bond motifs is 1. The molecule has 0 saturated carbocycles. The molecule has 18 heavy (non-hydrogen) atoms. The maximum atomic E-state index is 12.2. The van der Waals surface area contributed by atoms with Crippen molar-refractivity contribution in [3.8, 4) is 0 Å². The molecule has 1 atom stereocenters. The number of aromatic nitrogens is 1. The molecule has 1 aliphatic heterocycles. The van der Waals surface area contributed by atoms with Gasteiger partial charge in [0.05, 0.1) is 0 Å². The highest BCUT2D eigenvalue weighted by Crippen LogP contribution is 2.21. The lowest BCUT2D eigenvalue weighted by molar-refractivity contribution is -0.131. The van der Waals surface area contributed by atoms with Crippen molar-refractivity contribution >= 4 is 17.0 Å². The number of oxazole rings is 1. The summed E-state index contributed by atoms with van der Waals surface area (Å²) in [5.41, 5.74) is 8.24. The van der Waals surface area contributed by atoms with Gasteiger partial charge in [-0.2, -0.15) is 0 Å². The summed E-state index contributed by atoms with van der Waals surface area (Å²) in [5.74, 6) is -0.00800. The number of carbonyl (C=O) groups excluding carboxylic acids is 1. The van der Waals surface area contributed by atoms with Gasteiger partial charge >= 0.3 is 0 Å². The molecule has 2 N–H and O–H groups in total. The molecule has 1 unspecified atom stereocenters. The molecule has 1 aromatic carbocycles. The number of nitrogens with two attached hydrogens (primary N) is 1. The normalized spacial score (nSPS) is 17.3. The summed E-state index contributed by atoms with van der Waals surface area (Å²) >= 11 is 0. The van der Waals surface area contributed by atoms with Crippen molar-refractivity contribution in [3.05, 3.63) is 30.2 Å². The Labute approximate surface area is 105 Å². The lowest BCUT2D eigenvalue weighted by Crippen LogP contribution is -2.36. The van der Waals surface area contributed by atoms with Gasteiger partial charge in [0, 0.05) is 13.1 Å². The van der Waals surface area contributed by atoms with Crippen molar-refractivity contribution in [2.75, 3.05) is 13.1 Å². The van der Waals surface area contributed by atoms with Gasteiger partial charge in [-0.1, -0.05) is 6.07 Å². The van der Waals surface area contributed by atoms with Crippen LogP contribution in [0.3, 0.4) is 0 Å². The second-order valence-electron chi connectivity index (χ2n) is 4.59. The van der Waals surface area contributed by atoms with Crippen LogP contribution in [0.15, 0.2) is 29.0 Å². The Kier molecular flexibility index (Phi) is 2.76. The van der Waals surface area contributed by atoms with Gasteiger partial charge in [0.25, 0.3) is 0 Å². The monoisotopic (exact) mass is 245 g/mol. The third kappa shape index (κ3) is 1.86. The van der Waals surface area contributed by atoms with Gasteiger partial charge in [0.15, 0.2) is 12.0 Å². The highest BCUT2D eigenvalue weighted by Gasteiger charge is 2.25. The maximum absolute atomic E-state index is 12.2. The fourth-order valence-electron chi connectivity index (χ4n) is 2.34. The minimum Gasteiger partial charge on any atom is -0.443 e. The van der Waals surface area contributed by atoms with Crippen LogP contribution in [0.2, 0.25) is 0 Å². The summed E-state index contributed by atoms with van der Waals surface area (Å²) in [6.45, 7) is 1.63. The fourth-order valence-corrected chi connectivity index (χ4v) is 2.34. The maximum Gasteiger partial charge on any atom is 0.244 e. The summed E-state index contributed by atoms with van der Waals surface area (Å²) in [6, 6.07) is 4.84. The summed E-state index contributed by atoms with van der Waals surface area (Å²) in [6.07, 6.45) is 3.53. The van der Waals surface area contributed by atoms with E-state index in [1.807, 2.05) is 17.0 Å². The van der Waals surface area contributed by atoms with E-state index in [-0.39, 0.29) is 5.91 Å². The topological polar surface area (TPSA) is 72.4 Å². The van der Waals surface area contributed by atoms with Crippen LogP contribution in [0.5, 0.6) is 0 Å². The predicted molar refractivity (Wildman–Crippen MR) is 66.8 cm³/mol. The zero-order valence-electron chi connectivity index (χ0n) is 10.0. The number of benzene rings is 1. The molecule has 0 radical (unpaired) electrons. The van der Waals surface area contributed by atoms with Crippen LogP contribution in [-0.4, -0.2) is 28.9 Å². The molecule has 0 spiro atoms. The van der Waals surface area contributed by atoms with Gasteiger partial charge in [-0.3, -0.25) is 4.79 Å². The molecule has 1 saturated heterocycles. The second kappa shape index (κ2) is 4.42. The van der Waals surface area contributed by atoms with Gasteiger partial charge in [0.1, 0.15) is 11.6 Å². The number of carbonyl (C=O) groups is 1. The summed E-state index contributed by atoms with van der Waals surface area (Å²) in [4.78, 5) is 18.0. The number of nitrogens with zero attached hydrogens (tertiary/aromatic N) is 2. The standard InChI is InChI=1S/C13H15N3O2/c14-12(13(17)16-5-1-2-6-16)9-3-4-10-11(7-9)18-8-15-10/h3-4,7-8,12H,1-2,5-6,14H2. The Morgan fingerprint density at radius 3 is 2.94 bits per heavy atom. The highest BCUT2D eigenvalue weighted by atomic mass is 16.3. The lowest BCUT2D eigenvalue weighted by Gasteiger charge is -2.20. The predicted octanol–water partition coefficient (Wildman–Crippen LogP) is 1.45. The quantitative estimate of drug-likeness (QED) is 0.869. The van der Waals surface area contributed by atoms with Gasteiger partial charge in [0.2, 0.25) is 5.91 Å². The number of amides is 1. The van der Waals surface area contributed by atoms with Crippen molar-refractivity contribution in [3.63, 3.8) is 0 Å². The van der Waals surface area contributed by atoms with Crippen LogP contribution < -0.4 is 5.73 Å². The summed E-state index contributed by atoms with van der Waals surface area (Å²) < 4.78 is 5.22. The van der Waals surface area contributed by atoms with E-state index in [0.29, 0.717) is 5.58 Å². The van der Waals surface area contributed by atoms with E-state index in [1.54, 1.807) is 6.07 Å². The SMILES string of the molecule is NC(C(=O)N1CCCC1)c1ccc2ncoc2c1. The number of likely N-dealkylation sites (tertiary alicyclic amines) is 1. The van der Waals surface area contributed by atoms with Crippen LogP contribution in [0.25, 0.3) is 11.1 Å². The Morgan fingerprint density at radius 1 is 1.39 bits per heavy atom. The summed E-state index contributed by atoms with van der Waals surface area (Å²) in [5, 5.41) is 0. The van der Waals surface area contributed by atoms with E-state index in [1.165, 1.54) is 6.39 Å². The van der Waals surface area contributed by atoms with Gasteiger partial charge < -0.3 is 15.1 Å². The van der Waals surface area contributed by atoms with E-state index >= 15 is 0 Å². The molecule has 1 aliphatic rings. The first kappa shape index (κ1) is 11.2. The number of hydrogen-bond acceptors (Lipinski definition) is 4. The molecule has 0 aliphatic carbocycles. The highest BCUT2D eigenvalue weighted by molar-refractivity contribution is 5.85. The number of rotatable bonds is 2. The van der Waals surface area contributed by atoms with E-state index in [2.05, 4.69) is 4.98 Å². The Bertz CT molecular complexity index is 572. The Hall–Kier alpha value is -1.88. The van der Waals surface area contributed by atoms with Crippen molar-refractivity contribution in [2.45, 2.75) is 18.9 Å². The van der Waals surface area contributed by atoms with Crippen molar-refractivity contribution in [1.82, 2.24) is 9.88 Å². The lowest BCUT2D eigenvalue weighted by atomic mass is 10.1. The Morgan fingerprint density at radius 2 is 2.17 bits per heavy atom. The van der Waals surface area contributed by atoms with Crippen molar-refractivity contribution in [1.29, 1.82) is 0 Å². The minimum atomic E-state index is -0.613. The molecule has 1 fully saturated rings. The van der Waals surface area contributed by atoms with Crippen LogP contribution >= 0.6 is 0 Å². The molecule has 94 valence electrons. The van der Waals surface area contributed by atoms with Crippen molar-refractivity contribution in [2.24, 2.45) is 5.73 Å². The molecule has 5 nitrogen and oxygen atoms in total. The van der Waals surface area contributed by atoms with Crippen LogP contribution in [0, 0.1) is 0 Å². The van der Waals surface area contributed by atoms with E-state index in [4.69, 9.17) is 10.2 Å². The zero-order valence-corrected chi connectivity index (χ0v) is 10.0. The van der Waals surface area contributed by atoms with Crippen LogP contribution in [0.4, 0.5) is 0 Å².